The Labute approximate surface area is 271 Å². The van der Waals surface area contributed by atoms with Crippen LogP contribution in [0.2, 0.25) is 0 Å². The second kappa shape index (κ2) is 14.1. The summed E-state index contributed by atoms with van der Waals surface area (Å²) in [6, 6.07) is 1.63. The molecule has 254 valence electrons. The predicted molar refractivity (Wildman–Crippen MR) is 189 cm³/mol. The van der Waals surface area contributed by atoms with E-state index in [-0.39, 0.29) is 27.6 Å². The minimum atomic E-state index is -0.123. The van der Waals surface area contributed by atoms with Crippen molar-refractivity contribution in [2.24, 2.45) is 5.41 Å². The first-order valence-corrected chi connectivity index (χ1v) is 17.6. The lowest BCUT2D eigenvalue weighted by atomic mass is 9.79. The van der Waals surface area contributed by atoms with Crippen LogP contribution < -0.4 is 20.9 Å². The first-order valence-electron chi connectivity index (χ1n) is 17.6. The van der Waals surface area contributed by atoms with Crippen LogP contribution in [0.4, 0.5) is 11.9 Å². The number of hydrogen-bond donors (Lipinski definition) is 3. The fourth-order valence-corrected chi connectivity index (χ4v) is 8.64. The largest absolute Gasteiger partial charge is 0.349 e. The van der Waals surface area contributed by atoms with Gasteiger partial charge in [0.2, 0.25) is 11.9 Å². The first kappa shape index (κ1) is 37.0. The minimum Gasteiger partial charge on any atom is -0.349 e. The smallest absolute Gasteiger partial charge is 0.230 e. The highest BCUT2D eigenvalue weighted by molar-refractivity contribution is 5.40. The highest BCUT2D eigenvalue weighted by Crippen LogP contribution is 2.34. The van der Waals surface area contributed by atoms with E-state index >= 15 is 0 Å². The summed E-state index contributed by atoms with van der Waals surface area (Å²) in [5.74, 6) is 2.30. The van der Waals surface area contributed by atoms with Gasteiger partial charge in [-0.05, 0) is 133 Å². The highest BCUT2D eigenvalue weighted by Gasteiger charge is 2.41. The monoisotopic (exact) mass is 615 g/mol. The molecule has 3 rings (SSSR count). The number of anilines is 2. The van der Waals surface area contributed by atoms with Gasteiger partial charge in [-0.2, -0.15) is 15.0 Å². The van der Waals surface area contributed by atoms with Crippen LogP contribution in [-0.2, 0) is 0 Å². The maximum absolute atomic E-state index is 5.09. The fraction of sp³-hybridized carbons (Fsp3) is 0.917. The summed E-state index contributed by atoms with van der Waals surface area (Å²) in [7, 11) is 2.33. The lowest BCUT2D eigenvalue weighted by Gasteiger charge is -2.49. The quantitative estimate of drug-likeness (QED) is 0.199. The molecule has 2 atom stereocenters. The maximum Gasteiger partial charge on any atom is 0.230 e. The van der Waals surface area contributed by atoms with E-state index in [1.807, 2.05) is 6.92 Å². The standard InChI is InChI=1S/C36H70N8/c1-26-21-28(22-33(6,7)40-26)43(14)19-17-15-16-18-20-44(29-23-34(8,9)42-35(10,11)24-29)31-38-27(2)37-30(39-31)41-36(12,13)25-32(3,4)5/h26,28-29,40,42H,15-25H2,1-14H3,(H,37,38,39,41). The molecule has 8 heteroatoms. The van der Waals surface area contributed by atoms with Gasteiger partial charge in [0, 0.05) is 46.8 Å². The van der Waals surface area contributed by atoms with Gasteiger partial charge in [0.25, 0.3) is 0 Å². The third-order valence-electron chi connectivity index (χ3n) is 9.32. The number of nitrogens with zero attached hydrogens (tertiary/aromatic N) is 5. The van der Waals surface area contributed by atoms with Gasteiger partial charge in [-0.1, -0.05) is 33.6 Å². The van der Waals surface area contributed by atoms with Crippen molar-refractivity contribution < 1.29 is 0 Å². The summed E-state index contributed by atoms with van der Waals surface area (Å²) in [5, 5.41) is 11.3. The molecule has 44 heavy (non-hydrogen) atoms. The van der Waals surface area contributed by atoms with Crippen LogP contribution in [0.5, 0.6) is 0 Å². The summed E-state index contributed by atoms with van der Waals surface area (Å²) < 4.78 is 0. The molecule has 0 amide bonds. The molecule has 3 heterocycles. The number of aryl methyl sites for hydroxylation is 1. The summed E-state index contributed by atoms with van der Waals surface area (Å²) in [4.78, 5) is 19.9. The first-order chi connectivity index (χ1) is 20.0. The van der Waals surface area contributed by atoms with Crippen LogP contribution in [0.25, 0.3) is 0 Å². The molecule has 2 unspecified atom stereocenters. The molecule has 2 saturated heterocycles. The van der Waals surface area contributed by atoms with Crippen molar-refractivity contribution in [2.75, 3.05) is 30.4 Å². The molecular formula is C36H70N8. The third kappa shape index (κ3) is 12.0. The van der Waals surface area contributed by atoms with Crippen molar-refractivity contribution in [3.05, 3.63) is 5.82 Å². The summed E-state index contributed by atoms with van der Waals surface area (Å²) in [6.45, 7) is 31.9. The van der Waals surface area contributed by atoms with E-state index < -0.39 is 0 Å². The minimum absolute atomic E-state index is 0.0494. The second-order valence-corrected chi connectivity index (χ2v) is 18.3. The van der Waals surface area contributed by atoms with Gasteiger partial charge < -0.3 is 25.8 Å². The summed E-state index contributed by atoms with van der Waals surface area (Å²) in [6.07, 6.45) is 10.5. The van der Waals surface area contributed by atoms with Crippen LogP contribution >= 0.6 is 0 Å². The summed E-state index contributed by atoms with van der Waals surface area (Å²) in [5.41, 5.74) is 0.406. The summed E-state index contributed by atoms with van der Waals surface area (Å²) >= 11 is 0. The SMILES string of the molecule is Cc1nc(NC(C)(C)CC(C)(C)C)nc(N(CCCCCCN(C)C2CC(C)NC(C)(C)C2)C2CC(C)(C)NC(C)(C)C2)n1. The topological polar surface area (TPSA) is 81.2 Å². The van der Waals surface area contributed by atoms with E-state index in [9.17, 15) is 0 Å². The molecular weight excluding hydrogens is 544 g/mol. The average Bonchev–Trinajstić information content (AvgIpc) is 2.77. The second-order valence-electron chi connectivity index (χ2n) is 18.3. The lowest BCUT2D eigenvalue weighted by Crippen LogP contribution is -2.62. The zero-order valence-corrected chi connectivity index (χ0v) is 31.2. The molecule has 3 N–H and O–H groups in total. The van der Waals surface area contributed by atoms with Crippen molar-refractivity contribution in [1.82, 2.24) is 30.5 Å². The van der Waals surface area contributed by atoms with Gasteiger partial charge in [0.1, 0.15) is 5.82 Å². The fourth-order valence-electron chi connectivity index (χ4n) is 8.64. The van der Waals surface area contributed by atoms with Gasteiger partial charge >= 0.3 is 0 Å². The van der Waals surface area contributed by atoms with Gasteiger partial charge in [-0.3, -0.25) is 0 Å². The van der Waals surface area contributed by atoms with E-state index in [1.165, 1.54) is 38.6 Å². The van der Waals surface area contributed by atoms with E-state index in [0.29, 0.717) is 24.1 Å². The van der Waals surface area contributed by atoms with Crippen molar-refractivity contribution in [3.63, 3.8) is 0 Å². The number of unbranched alkanes of at least 4 members (excludes halogenated alkanes) is 3. The average molecular weight is 615 g/mol. The number of piperidine rings is 2. The van der Waals surface area contributed by atoms with Gasteiger partial charge in [0.15, 0.2) is 0 Å². The van der Waals surface area contributed by atoms with Crippen LogP contribution in [-0.4, -0.2) is 80.3 Å². The van der Waals surface area contributed by atoms with Gasteiger partial charge in [0.05, 0.1) is 0 Å². The maximum atomic E-state index is 5.09. The molecule has 1 aromatic rings. The molecule has 0 saturated carbocycles. The van der Waals surface area contributed by atoms with E-state index in [4.69, 9.17) is 15.0 Å². The number of hydrogen-bond acceptors (Lipinski definition) is 8. The highest BCUT2D eigenvalue weighted by atomic mass is 15.3. The zero-order chi connectivity index (χ0) is 33.1. The van der Waals surface area contributed by atoms with Crippen molar-refractivity contribution in [3.8, 4) is 0 Å². The van der Waals surface area contributed by atoms with Crippen LogP contribution in [0, 0.1) is 12.3 Å². The Bertz CT molecular complexity index is 1040. The number of aromatic nitrogens is 3. The Morgan fingerprint density at radius 1 is 0.795 bits per heavy atom. The third-order valence-corrected chi connectivity index (χ3v) is 9.32. The van der Waals surface area contributed by atoms with Crippen molar-refractivity contribution in [1.29, 1.82) is 0 Å². The molecule has 1 aromatic heterocycles. The van der Waals surface area contributed by atoms with Crippen LogP contribution in [0.15, 0.2) is 0 Å². The Morgan fingerprint density at radius 2 is 1.36 bits per heavy atom. The molecule has 8 nitrogen and oxygen atoms in total. The van der Waals surface area contributed by atoms with Crippen molar-refractivity contribution in [2.45, 2.75) is 188 Å². The molecule has 0 aliphatic carbocycles. The van der Waals surface area contributed by atoms with E-state index in [2.05, 4.69) is 116 Å². The van der Waals surface area contributed by atoms with Gasteiger partial charge in [-0.15, -0.1) is 0 Å². The van der Waals surface area contributed by atoms with Crippen LogP contribution in [0.1, 0.15) is 147 Å². The van der Waals surface area contributed by atoms with E-state index in [1.54, 1.807) is 0 Å². The number of nitrogens with one attached hydrogen (secondary N) is 3. The van der Waals surface area contributed by atoms with Crippen LogP contribution in [0.3, 0.4) is 0 Å². The lowest BCUT2D eigenvalue weighted by molar-refractivity contribution is 0.118. The Balaban J connectivity index is 1.68. The predicted octanol–water partition coefficient (Wildman–Crippen LogP) is 7.33. The molecule has 0 spiro atoms. The van der Waals surface area contributed by atoms with Crippen molar-refractivity contribution >= 4 is 11.9 Å². The molecule has 2 aliphatic heterocycles. The van der Waals surface area contributed by atoms with Gasteiger partial charge in [-0.25, -0.2) is 0 Å². The normalized spacial score (nSPS) is 24.0. The number of rotatable bonds is 13. The molecule has 0 bridgehead atoms. The Morgan fingerprint density at radius 3 is 1.93 bits per heavy atom. The Kier molecular flexibility index (Phi) is 11.8. The molecule has 0 aromatic carbocycles. The van der Waals surface area contributed by atoms with E-state index in [0.717, 1.165) is 44.0 Å². The molecule has 2 aliphatic rings. The molecule has 2 fully saturated rings. The zero-order valence-electron chi connectivity index (χ0n) is 31.2. The Hall–Kier alpha value is -1.51. The molecule has 0 radical (unpaired) electrons.